The molecular weight excluding hydrogens is 410 g/mol. The highest BCUT2D eigenvalue weighted by Crippen LogP contribution is 2.24. The van der Waals surface area contributed by atoms with Crippen molar-refractivity contribution < 1.29 is 28.7 Å². The molecule has 0 fully saturated rings. The van der Waals surface area contributed by atoms with Crippen molar-refractivity contribution in [2.24, 2.45) is 0 Å². The van der Waals surface area contributed by atoms with Gasteiger partial charge in [-0.1, -0.05) is 18.2 Å². The molecule has 1 aromatic carbocycles. The Morgan fingerprint density at radius 3 is 2.33 bits per heavy atom. The van der Waals surface area contributed by atoms with Gasteiger partial charge in [-0.2, -0.15) is 0 Å². The monoisotopic (exact) mass is 429 g/mol. The largest absolute Gasteiger partial charge is 0.454 e. The van der Waals surface area contributed by atoms with Gasteiger partial charge >= 0.3 is 12.0 Å². The summed E-state index contributed by atoms with van der Waals surface area (Å²) in [6, 6.07) is 8.14. The molecule has 0 saturated carbocycles. The van der Waals surface area contributed by atoms with Gasteiger partial charge in [0, 0.05) is 11.4 Å². The van der Waals surface area contributed by atoms with Crippen molar-refractivity contribution in [2.75, 3.05) is 13.2 Å². The minimum absolute atomic E-state index is 0.208. The van der Waals surface area contributed by atoms with Gasteiger partial charge in [0.1, 0.15) is 6.04 Å². The molecule has 2 N–H and O–H groups in total. The first-order chi connectivity index (χ1) is 14.4. The summed E-state index contributed by atoms with van der Waals surface area (Å²) in [6.07, 6.45) is 0.631. The smallest absolute Gasteiger partial charge is 0.329 e. The molecular formula is C20H19N3O6S. The zero-order valence-corrected chi connectivity index (χ0v) is 16.9. The second kappa shape index (κ2) is 9.31. The molecule has 0 radical (unpaired) electrons. The van der Waals surface area contributed by atoms with E-state index in [2.05, 4.69) is 5.32 Å². The fraction of sp³-hybridized carbons (Fsp3) is 0.250. The molecule has 1 atom stereocenters. The molecule has 0 aliphatic carbocycles. The fourth-order valence-corrected chi connectivity index (χ4v) is 3.59. The minimum Gasteiger partial charge on any atom is -0.454 e. The summed E-state index contributed by atoms with van der Waals surface area (Å²) in [5.74, 6) is -2.96. The lowest BCUT2D eigenvalue weighted by Gasteiger charge is -2.20. The van der Waals surface area contributed by atoms with Crippen molar-refractivity contribution in [3.63, 3.8) is 0 Å². The molecule has 3 rings (SSSR count). The highest BCUT2D eigenvalue weighted by atomic mass is 32.1. The van der Waals surface area contributed by atoms with Crippen LogP contribution in [0.5, 0.6) is 0 Å². The molecule has 10 heteroatoms. The van der Waals surface area contributed by atoms with E-state index in [9.17, 15) is 24.0 Å². The first kappa shape index (κ1) is 21.2. The number of ether oxygens (including phenoxy) is 1. The number of rotatable bonds is 7. The quantitative estimate of drug-likeness (QED) is 0.506. The number of nitrogens with one attached hydrogen (secondary N) is 2. The van der Waals surface area contributed by atoms with Gasteiger partial charge in [0.25, 0.3) is 17.7 Å². The lowest BCUT2D eigenvalue weighted by Crippen LogP contribution is -2.45. The van der Waals surface area contributed by atoms with Gasteiger partial charge in [0.15, 0.2) is 6.61 Å². The molecule has 9 nitrogen and oxygen atoms in total. The zero-order valence-electron chi connectivity index (χ0n) is 16.0. The first-order valence-electron chi connectivity index (χ1n) is 9.12. The van der Waals surface area contributed by atoms with E-state index < -0.39 is 42.4 Å². The number of carbonyl (C=O) groups is 5. The van der Waals surface area contributed by atoms with Crippen LogP contribution in [-0.2, 0) is 20.7 Å². The molecule has 1 aliphatic rings. The van der Waals surface area contributed by atoms with E-state index in [0.29, 0.717) is 13.0 Å². The average molecular weight is 429 g/mol. The highest BCUT2D eigenvalue weighted by Gasteiger charge is 2.41. The number of hydrogen-bond acceptors (Lipinski definition) is 7. The summed E-state index contributed by atoms with van der Waals surface area (Å²) in [5.41, 5.74) is 0.415. The molecule has 2 aromatic rings. The fourth-order valence-electron chi connectivity index (χ4n) is 2.88. The van der Waals surface area contributed by atoms with Crippen LogP contribution in [0.3, 0.4) is 0 Å². The Morgan fingerprint density at radius 2 is 1.73 bits per heavy atom. The number of nitrogens with zero attached hydrogens (tertiary/aromatic N) is 1. The topological polar surface area (TPSA) is 122 Å². The standard InChI is InChI=1S/C20H19N3O6S/c1-12(23-17(25)14-6-2-3-7-15(14)18(23)26)19(27)29-11-16(24)22-20(28)21-9-8-13-5-4-10-30-13/h2-7,10,12H,8-9,11H2,1H3,(H2,21,22,24,28). The Balaban J connectivity index is 1.43. The Morgan fingerprint density at radius 1 is 1.07 bits per heavy atom. The zero-order chi connectivity index (χ0) is 21.7. The molecule has 2 heterocycles. The van der Waals surface area contributed by atoms with Crippen LogP contribution >= 0.6 is 11.3 Å². The number of thiophene rings is 1. The predicted molar refractivity (Wildman–Crippen MR) is 107 cm³/mol. The SMILES string of the molecule is CC(C(=O)OCC(=O)NC(=O)NCCc1cccs1)N1C(=O)c2ccccc2C1=O. The van der Waals surface area contributed by atoms with Gasteiger partial charge in [-0.15, -0.1) is 11.3 Å². The number of amides is 5. The normalized spacial score (nSPS) is 13.6. The number of benzene rings is 1. The molecule has 1 aliphatic heterocycles. The highest BCUT2D eigenvalue weighted by molar-refractivity contribution is 7.09. The van der Waals surface area contributed by atoms with E-state index in [-0.39, 0.29) is 11.1 Å². The van der Waals surface area contributed by atoms with Crippen LogP contribution in [-0.4, -0.2) is 53.8 Å². The summed E-state index contributed by atoms with van der Waals surface area (Å²) in [7, 11) is 0. The van der Waals surface area contributed by atoms with Gasteiger partial charge < -0.3 is 10.1 Å². The molecule has 0 saturated heterocycles. The molecule has 0 spiro atoms. The Bertz CT molecular complexity index is 953. The van der Waals surface area contributed by atoms with Crippen LogP contribution in [0, 0.1) is 0 Å². The van der Waals surface area contributed by atoms with Crippen molar-refractivity contribution in [1.82, 2.24) is 15.5 Å². The second-order valence-electron chi connectivity index (χ2n) is 6.44. The summed E-state index contributed by atoms with van der Waals surface area (Å²) in [5, 5.41) is 6.50. The Kier molecular flexibility index (Phi) is 6.58. The van der Waals surface area contributed by atoms with Crippen molar-refractivity contribution >= 4 is 41.1 Å². The molecule has 1 unspecified atom stereocenters. The maximum atomic E-state index is 12.4. The predicted octanol–water partition coefficient (Wildman–Crippen LogP) is 1.34. The van der Waals surface area contributed by atoms with Gasteiger partial charge in [-0.05, 0) is 36.9 Å². The van der Waals surface area contributed by atoms with E-state index >= 15 is 0 Å². The summed E-state index contributed by atoms with van der Waals surface area (Å²) in [4.78, 5) is 62.4. The van der Waals surface area contributed by atoms with Crippen molar-refractivity contribution in [3.05, 3.63) is 57.8 Å². The average Bonchev–Trinajstić information content (AvgIpc) is 3.33. The number of carbonyl (C=O) groups excluding carboxylic acids is 5. The van der Waals surface area contributed by atoms with Crippen molar-refractivity contribution in [2.45, 2.75) is 19.4 Å². The number of imide groups is 2. The third kappa shape index (κ3) is 4.71. The summed E-state index contributed by atoms with van der Waals surface area (Å²) in [6.45, 7) is 0.958. The van der Waals surface area contributed by atoms with E-state index in [0.717, 1.165) is 9.78 Å². The second-order valence-corrected chi connectivity index (χ2v) is 7.48. The Labute approximate surface area is 176 Å². The number of hydrogen-bond donors (Lipinski definition) is 2. The van der Waals surface area contributed by atoms with Gasteiger partial charge in [0.05, 0.1) is 11.1 Å². The van der Waals surface area contributed by atoms with E-state index in [4.69, 9.17) is 4.74 Å². The van der Waals surface area contributed by atoms with Crippen LogP contribution in [0.25, 0.3) is 0 Å². The first-order valence-corrected chi connectivity index (χ1v) is 10.00. The third-order valence-corrected chi connectivity index (χ3v) is 5.33. The van der Waals surface area contributed by atoms with Crippen molar-refractivity contribution in [3.8, 4) is 0 Å². The van der Waals surface area contributed by atoms with Gasteiger partial charge in [-0.25, -0.2) is 9.59 Å². The molecule has 0 bridgehead atoms. The van der Waals surface area contributed by atoms with Crippen LogP contribution in [0.2, 0.25) is 0 Å². The van der Waals surface area contributed by atoms with Gasteiger partial charge in [0.2, 0.25) is 0 Å². The molecule has 30 heavy (non-hydrogen) atoms. The van der Waals surface area contributed by atoms with Crippen molar-refractivity contribution in [1.29, 1.82) is 0 Å². The lowest BCUT2D eigenvalue weighted by atomic mass is 10.1. The third-order valence-electron chi connectivity index (χ3n) is 4.39. The molecule has 156 valence electrons. The minimum atomic E-state index is -1.22. The number of fused-ring (bicyclic) bond motifs is 1. The summed E-state index contributed by atoms with van der Waals surface area (Å²) < 4.78 is 4.86. The maximum Gasteiger partial charge on any atom is 0.329 e. The maximum absolute atomic E-state index is 12.4. The van der Waals surface area contributed by atoms with Crippen LogP contribution in [0.4, 0.5) is 4.79 Å². The molecule has 1 aromatic heterocycles. The van der Waals surface area contributed by atoms with E-state index in [1.165, 1.54) is 19.1 Å². The van der Waals surface area contributed by atoms with Crippen LogP contribution in [0.15, 0.2) is 41.8 Å². The molecule has 5 amide bonds. The summed E-state index contributed by atoms with van der Waals surface area (Å²) >= 11 is 1.56. The van der Waals surface area contributed by atoms with Crippen LogP contribution in [0.1, 0.15) is 32.5 Å². The van der Waals surface area contributed by atoms with Crippen LogP contribution < -0.4 is 10.6 Å². The Hall–Kier alpha value is -3.53. The lowest BCUT2D eigenvalue weighted by molar-refractivity contribution is -0.151. The van der Waals surface area contributed by atoms with E-state index in [1.807, 2.05) is 22.8 Å². The van der Waals surface area contributed by atoms with Gasteiger partial charge in [-0.3, -0.25) is 24.6 Å². The van der Waals surface area contributed by atoms with E-state index in [1.54, 1.807) is 23.5 Å². The number of urea groups is 1. The number of esters is 1.